The first-order valence-corrected chi connectivity index (χ1v) is 14.4. The van der Waals surface area contributed by atoms with Crippen LogP contribution in [-0.4, -0.2) is 79.3 Å². The molecule has 2 unspecified atom stereocenters. The van der Waals surface area contributed by atoms with Crippen LogP contribution in [0.2, 0.25) is 20.3 Å². The van der Waals surface area contributed by atoms with Gasteiger partial charge in [-0.2, -0.15) is 0 Å². The molecule has 22 heavy (non-hydrogen) atoms. The van der Waals surface area contributed by atoms with Crippen LogP contribution in [0.3, 0.4) is 0 Å². The quantitative estimate of drug-likeness (QED) is 0.326. The summed E-state index contributed by atoms with van der Waals surface area (Å²) in [5, 5.41) is 1.96. The van der Waals surface area contributed by atoms with Crippen molar-refractivity contribution in [1.29, 1.82) is 0 Å². The molecule has 0 aromatic carbocycles. The average Bonchev–Trinajstić information content (AvgIpc) is 2.54. The van der Waals surface area contributed by atoms with Gasteiger partial charge >= 0.3 is 156 Å². The van der Waals surface area contributed by atoms with E-state index in [1.807, 2.05) is 18.7 Å². The van der Waals surface area contributed by atoms with Gasteiger partial charge in [-0.25, -0.2) is 0 Å². The van der Waals surface area contributed by atoms with Crippen LogP contribution < -0.4 is 0 Å². The molecule has 1 heterocycles. The SMILES string of the molecule is C=CCOC(=O)[Se]CC1CSCC(C[Se]C(=O)OCCC)[Se]1. The molecule has 1 aliphatic rings. The predicted octanol–water partition coefficient (Wildman–Crippen LogP) is 3.13. The molecule has 0 N–H and O–H groups in total. The van der Waals surface area contributed by atoms with E-state index in [2.05, 4.69) is 6.58 Å². The van der Waals surface area contributed by atoms with E-state index in [-0.39, 0.29) is 39.6 Å². The summed E-state index contributed by atoms with van der Waals surface area (Å²) in [6, 6.07) is 0. The molecule has 1 fully saturated rings. The third kappa shape index (κ3) is 9.67. The van der Waals surface area contributed by atoms with Crippen molar-refractivity contribution in [2.75, 3.05) is 24.7 Å². The molecular weight excluding hydrogens is 501 g/mol. The maximum atomic E-state index is 11.6. The Morgan fingerprint density at radius 1 is 1.23 bits per heavy atom. The summed E-state index contributed by atoms with van der Waals surface area (Å²) in [6.07, 6.45) is 2.49. The average molecular weight is 523 g/mol. The number of rotatable bonds is 10. The fourth-order valence-corrected chi connectivity index (χ4v) is 12.7. The number of thioether (sulfide) groups is 1. The van der Waals surface area contributed by atoms with E-state index in [4.69, 9.17) is 9.47 Å². The Hall–Kier alpha value is 0.588. The number of hydrogen-bond acceptors (Lipinski definition) is 5. The second kappa shape index (κ2) is 12.9. The summed E-state index contributed by atoms with van der Waals surface area (Å²) in [6.45, 7) is 6.41. The Balaban J connectivity index is 2.19. The summed E-state index contributed by atoms with van der Waals surface area (Å²) < 4.78 is 10.2. The number of carbonyl (C=O) groups excluding carboxylic acids is 2. The Kier molecular flexibility index (Phi) is 12.1. The van der Waals surface area contributed by atoms with Gasteiger partial charge in [0.1, 0.15) is 0 Å². The Labute approximate surface area is 155 Å². The van der Waals surface area contributed by atoms with E-state index < -0.39 is 0 Å². The molecule has 0 bridgehead atoms. The van der Waals surface area contributed by atoms with E-state index in [1.165, 1.54) is 0 Å². The van der Waals surface area contributed by atoms with Crippen LogP contribution in [0.4, 0.5) is 9.59 Å². The molecule has 0 amide bonds. The fraction of sp³-hybridized carbons (Fsp3) is 0.714. The first kappa shape index (κ1) is 20.6. The fourth-order valence-electron chi connectivity index (χ4n) is 1.57. The molecule has 8 heteroatoms. The van der Waals surface area contributed by atoms with Crippen molar-refractivity contribution in [3.63, 3.8) is 0 Å². The van der Waals surface area contributed by atoms with Crippen molar-refractivity contribution in [3.8, 4) is 0 Å². The molecule has 0 aliphatic carbocycles. The van der Waals surface area contributed by atoms with Crippen LogP contribution in [0.5, 0.6) is 0 Å². The molecule has 1 saturated heterocycles. The summed E-state index contributed by atoms with van der Waals surface area (Å²) >= 11 is 2.37. The van der Waals surface area contributed by atoms with Crippen LogP contribution in [0, 0.1) is 0 Å². The first-order valence-electron chi connectivity index (χ1n) is 7.08. The number of hydrogen-bond donors (Lipinski definition) is 0. The first-order chi connectivity index (χ1) is 10.7. The van der Waals surface area contributed by atoms with Crippen molar-refractivity contribution in [2.24, 2.45) is 0 Å². The normalized spacial score (nSPS) is 21.1. The molecule has 4 nitrogen and oxygen atoms in total. The van der Waals surface area contributed by atoms with Crippen molar-refractivity contribution >= 4 is 66.4 Å². The van der Waals surface area contributed by atoms with Gasteiger partial charge in [-0.1, -0.05) is 0 Å². The zero-order chi connectivity index (χ0) is 16.2. The van der Waals surface area contributed by atoms with Gasteiger partial charge in [-0.3, -0.25) is 0 Å². The van der Waals surface area contributed by atoms with E-state index in [0.29, 0.717) is 37.8 Å². The second-order valence-electron chi connectivity index (χ2n) is 4.49. The Morgan fingerprint density at radius 3 is 2.36 bits per heavy atom. The monoisotopic (exact) mass is 526 g/mol. The number of carbonyl (C=O) groups is 2. The summed E-state index contributed by atoms with van der Waals surface area (Å²) in [5.74, 6) is 2.31. The minimum absolute atomic E-state index is 0.00510. The zero-order valence-electron chi connectivity index (χ0n) is 12.7. The maximum absolute atomic E-state index is 11.6. The third-order valence-electron chi connectivity index (χ3n) is 2.51. The summed E-state index contributed by atoms with van der Waals surface area (Å²) in [5.41, 5.74) is 0. The van der Waals surface area contributed by atoms with Crippen LogP contribution in [0.15, 0.2) is 12.7 Å². The summed E-state index contributed by atoms with van der Waals surface area (Å²) in [4.78, 5) is 24.4. The molecule has 0 aromatic rings. The van der Waals surface area contributed by atoms with Crippen LogP contribution in [0.25, 0.3) is 0 Å². The van der Waals surface area contributed by atoms with Gasteiger partial charge in [0.25, 0.3) is 0 Å². The standard InChI is InChI=1S/C14H22O4SSe3/c1-3-5-17-13(15)20-9-11-7-19-8-12(22-11)10-21-14(16)18-6-4-2/h3,11-12H,1,4-10H2,2H3. The van der Waals surface area contributed by atoms with Gasteiger partial charge in [-0.05, 0) is 0 Å². The van der Waals surface area contributed by atoms with Crippen LogP contribution in [-0.2, 0) is 9.47 Å². The van der Waals surface area contributed by atoms with Gasteiger partial charge in [0.15, 0.2) is 0 Å². The minimum atomic E-state index is -0.0803. The van der Waals surface area contributed by atoms with E-state index in [0.717, 1.165) is 28.6 Å². The van der Waals surface area contributed by atoms with Crippen molar-refractivity contribution < 1.29 is 19.1 Å². The Morgan fingerprint density at radius 2 is 1.82 bits per heavy atom. The van der Waals surface area contributed by atoms with Crippen molar-refractivity contribution in [3.05, 3.63) is 12.7 Å². The van der Waals surface area contributed by atoms with Crippen LogP contribution >= 0.6 is 11.8 Å². The Bertz CT molecular complexity index is 368. The molecule has 2 atom stereocenters. The molecule has 126 valence electrons. The molecule has 0 aromatic heterocycles. The van der Waals surface area contributed by atoms with E-state index in [9.17, 15) is 9.59 Å². The van der Waals surface area contributed by atoms with Crippen LogP contribution in [0.1, 0.15) is 13.3 Å². The van der Waals surface area contributed by atoms with Gasteiger partial charge in [0.05, 0.1) is 0 Å². The molecular formula is C14H22O4SSe3. The van der Waals surface area contributed by atoms with Gasteiger partial charge in [0, 0.05) is 0 Å². The van der Waals surface area contributed by atoms with Gasteiger partial charge in [0.2, 0.25) is 0 Å². The van der Waals surface area contributed by atoms with E-state index in [1.54, 1.807) is 6.08 Å². The molecule has 0 radical (unpaired) electrons. The van der Waals surface area contributed by atoms with Crippen molar-refractivity contribution in [2.45, 2.75) is 33.6 Å². The van der Waals surface area contributed by atoms with Crippen molar-refractivity contribution in [1.82, 2.24) is 0 Å². The molecule has 0 spiro atoms. The predicted molar refractivity (Wildman–Crippen MR) is 94.9 cm³/mol. The molecule has 0 saturated carbocycles. The topological polar surface area (TPSA) is 52.6 Å². The van der Waals surface area contributed by atoms with Gasteiger partial charge in [-0.15, -0.1) is 0 Å². The zero-order valence-corrected chi connectivity index (χ0v) is 18.6. The number of ether oxygens (including phenoxy) is 2. The molecule has 1 aliphatic heterocycles. The van der Waals surface area contributed by atoms with Gasteiger partial charge < -0.3 is 0 Å². The summed E-state index contributed by atoms with van der Waals surface area (Å²) in [7, 11) is 0. The van der Waals surface area contributed by atoms with E-state index >= 15 is 0 Å². The third-order valence-corrected chi connectivity index (χ3v) is 13.8. The second-order valence-corrected chi connectivity index (χ2v) is 12.9. The molecule has 1 rings (SSSR count).